The van der Waals surface area contributed by atoms with Gasteiger partial charge >= 0.3 is 0 Å². The van der Waals surface area contributed by atoms with Gasteiger partial charge in [0.25, 0.3) is 0 Å². The summed E-state index contributed by atoms with van der Waals surface area (Å²) in [5, 5.41) is 120. The van der Waals surface area contributed by atoms with E-state index in [0.29, 0.717) is 12.8 Å². The lowest BCUT2D eigenvalue weighted by Gasteiger charge is -2.48. The first-order chi connectivity index (χ1) is 40.3. The largest absolute Gasteiger partial charge is 0.394 e. The Morgan fingerprint density at radius 2 is 0.771 bits per heavy atom. The van der Waals surface area contributed by atoms with Crippen molar-refractivity contribution >= 4 is 5.91 Å². The summed E-state index contributed by atoms with van der Waals surface area (Å²) >= 11 is 0. The third-order valence-corrected chi connectivity index (χ3v) is 16.1. The standard InChI is InChI=1S/C64H115NO18/c1-3-5-7-9-11-13-15-17-19-21-22-23-24-25-26-27-29-31-33-35-37-39-41-48(69)47(65-52(70)42-40-38-36-34-32-30-28-20-18-16-14-12-10-8-6-4-2)46-78-62-58(76)55(73)60(50(44-67)80-62)83-64-59(77)56(74)61(51(45-68)81-64)82-63-57(75)54(72)53(71)49(43-66)79-63/h20,25-26,28,31,33,39,41,47-51,53-64,66-69,71-77H,3-19,21-24,27,29-30,32,34-38,40,42-46H2,1-2H3,(H,65,70)/b26-25+,28-20-,33-31+,41-39+. The molecule has 1 amide bonds. The topological polar surface area (TPSA) is 307 Å². The molecule has 3 heterocycles. The Morgan fingerprint density at radius 3 is 1.20 bits per heavy atom. The van der Waals surface area contributed by atoms with Crippen molar-refractivity contribution in [1.29, 1.82) is 0 Å². The first kappa shape index (κ1) is 75.0. The van der Waals surface area contributed by atoms with Crippen molar-refractivity contribution in [2.45, 2.75) is 324 Å². The van der Waals surface area contributed by atoms with Gasteiger partial charge in [-0.25, -0.2) is 0 Å². The predicted molar refractivity (Wildman–Crippen MR) is 319 cm³/mol. The van der Waals surface area contributed by atoms with Crippen LogP contribution in [0.15, 0.2) is 48.6 Å². The van der Waals surface area contributed by atoms with Crippen molar-refractivity contribution in [2.24, 2.45) is 0 Å². The van der Waals surface area contributed by atoms with E-state index in [1.165, 1.54) is 122 Å². The minimum Gasteiger partial charge on any atom is -0.394 e. The Balaban J connectivity index is 1.50. The second-order valence-corrected chi connectivity index (χ2v) is 23.2. The summed E-state index contributed by atoms with van der Waals surface area (Å²) in [5.41, 5.74) is 0. The summed E-state index contributed by atoms with van der Waals surface area (Å²) < 4.78 is 34.3. The molecule has 17 atom stereocenters. The van der Waals surface area contributed by atoms with Crippen LogP contribution in [0.1, 0.15) is 219 Å². The first-order valence-electron chi connectivity index (χ1n) is 32.4. The van der Waals surface area contributed by atoms with E-state index in [4.69, 9.17) is 28.4 Å². The molecule has 0 aromatic carbocycles. The molecule has 12 N–H and O–H groups in total. The number of nitrogens with one attached hydrogen (secondary N) is 1. The molecule has 0 aromatic rings. The number of unbranched alkanes of at least 4 members (excludes halogenated alkanes) is 26. The van der Waals surface area contributed by atoms with E-state index in [1.807, 2.05) is 6.08 Å². The SMILES string of the molecule is CCCCCCCCC/C=C\CCCCCCCC(=O)NC(COC1OC(CO)C(OC2OC(CO)C(OC3OC(CO)C(O)C(O)C3O)C(O)C2O)C(O)C1O)C(O)/C=C/CC/C=C/CC/C=C/CCCCCCCCCCCCCC. The fraction of sp³-hybridized carbons (Fsp3) is 0.859. The van der Waals surface area contributed by atoms with Gasteiger partial charge in [0.2, 0.25) is 5.91 Å². The fourth-order valence-electron chi connectivity index (χ4n) is 10.7. The minimum absolute atomic E-state index is 0.221. The Hall–Kier alpha value is -2.25. The van der Waals surface area contributed by atoms with Crippen molar-refractivity contribution in [3.05, 3.63) is 48.6 Å². The number of aliphatic hydroxyl groups is 11. The maximum absolute atomic E-state index is 13.3. The average molecular weight is 1190 g/mol. The molecule has 83 heavy (non-hydrogen) atoms. The summed E-state index contributed by atoms with van der Waals surface area (Å²) in [4.78, 5) is 13.3. The highest BCUT2D eigenvalue weighted by molar-refractivity contribution is 5.76. The van der Waals surface area contributed by atoms with E-state index in [2.05, 4.69) is 55.6 Å². The average Bonchev–Trinajstić information content (AvgIpc) is 3.25. The van der Waals surface area contributed by atoms with Crippen LogP contribution in [0, 0.1) is 0 Å². The number of aliphatic hydroxyl groups excluding tert-OH is 11. The van der Waals surface area contributed by atoms with Crippen LogP contribution in [0.25, 0.3) is 0 Å². The molecular formula is C64H115NO18. The number of ether oxygens (including phenoxy) is 6. The van der Waals surface area contributed by atoms with Crippen LogP contribution in [0.2, 0.25) is 0 Å². The van der Waals surface area contributed by atoms with Crippen LogP contribution in [0.4, 0.5) is 0 Å². The number of hydrogen-bond acceptors (Lipinski definition) is 18. The lowest BCUT2D eigenvalue weighted by atomic mass is 9.96. The van der Waals surface area contributed by atoms with Crippen LogP contribution in [0.3, 0.4) is 0 Å². The van der Waals surface area contributed by atoms with E-state index in [0.717, 1.165) is 64.2 Å². The Morgan fingerprint density at radius 1 is 0.422 bits per heavy atom. The third kappa shape index (κ3) is 30.0. The first-order valence-corrected chi connectivity index (χ1v) is 32.4. The number of carbonyl (C=O) groups is 1. The van der Waals surface area contributed by atoms with Gasteiger partial charge in [-0.15, -0.1) is 0 Å². The van der Waals surface area contributed by atoms with Gasteiger partial charge in [-0.05, 0) is 70.6 Å². The molecule has 3 saturated heterocycles. The van der Waals surface area contributed by atoms with E-state index >= 15 is 0 Å². The van der Waals surface area contributed by atoms with Gasteiger partial charge in [0.05, 0.1) is 38.6 Å². The maximum Gasteiger partial charge on any atom is 0.220 e. The summed E-state index contributed by atoms with van der Waals surface area (Å²) in [6, 6.07) is -1.00. The maximum atomic E-state index is 13.3. The number of rotatable bonds is 48. The molecule has 0 bridgehead atoms. The normalized spacial score (nSPS) is 29.7. The summed E-state index contributed by atoms with van der Waals surface area (Å²) in [5.74, 6) is -0.299. The van der Waals surface area contributed by atoms with Gasteiger partial charge in [-0.2, -0.15) is 0 Å². The summed E-state index contributed by atoms with van der Waals surface area (Å²) in [7, 11) is 0. The summed E-state index contributed by atoms with van der Waals surface area (Å²) in [6.45, 7) is 1.69. The third-order valence-electron chi connectivity index (χ3n) is 16.1. The lowest BCUT2D eigenvalue weighted by molar-refractivity contribution is -0.379. The van der Waals surface area contributed by atoms with Crippen LogP contribution >= 0.6 is 0 Å². The van der Waals surface area contributed by atoms with E-state index < -0.39 is 124 Å². The van der Waals surface area contributed by atoms with Crippen molar-refractivity contribution < 1.29 is 89.4 Å². The molecule has 0 aliphatic carbocycles. The van der Waals surface area contributed by atoms with E-state index in [1.54, 1.807) is 6.08 Å². The van der Waals surface area contributed by atoms with Crippen molar-refractivity contribution in [3.63, 3.8) is 0 Å². The Kier molecular flexibility index (Phi) is 42.3. The molecule has 0 spiro atoms. The fourth-order valence-corrected chi connectivity index (χ4v) is 10.7. The molecule has 17 unspecified atom stereocenters. The van der Waals surface area contributed by atoms with Crippen LogP contribution in [-0.2, 0) is 33.2 Å². The zero-order valence-electron chi connectivity index (χ0n) is 50.7. The second-order valence-electron chi connectivity index (χ2n) is 23.2. The summed E-state index contributed by atoms with van der Waals surface area (Å²) in [6.07, 6.45) is 26.6. The zero-order valence-corrected chi connectivity index (χ0v) is 50.7. The highest BCUT2D eigenvalue weighted by Crippen LogP contribution is 2.33. The monoisotopic (exact) mass is 1190 g/mol. The van der Waals surface area contributed by atoms with Crippen LogP contribution in [0.5, 0.6) is 0 Å². The number of amides is 1. The Labute approximate surface area is 497 Å². The van der Waals surface area contributed by atoms with Gasteiger partial charge in [0, 0.05) is 6.42 Å². The van der Waals surface area contributed by atoms with Crippen molar-refractivity contribution in [2.75, 3.05) is 26.4 Å². The second kappa shape index (κ2) is 46.8. The smallest absolute Gasteiger partial charge is 0.220 e. The molecule has 0 radical (unpaired) electrons. The molecule has 19 nitrogen and oxygen atoms in total. The molecular weight excluding hydrogens is 1070 g/mol. The van der Waals surface area contributed by atoms with Gasteiger partial charge in [-0.1, -0.05) is 191 Å². The highest BCUT2D eigenvalue weighted by atomic mass is 16.8. The predicted octanol–water partition coefficient (Wildman–Crippen LogP) is 7.04. The van der Waals surface area contributed by atoms with Crippen LogP contribution in [-0.4, -0.2) is 193 Å². The van der Waals surface area contributed by atoms with Crippen molar-refractivity contribution in [1.82, 2.24) is 5.32 Å². The molecule has 0 aromatic heterocycles. The molecule has 0 saturated carbocycles. The molecule has 3 fully saturated rings. The lowest BCUT2D eigenvalue weighted by Crippen LogP contribution is -2.66. The molecule has 3 rings (SSSR count). The number of hydrogen-bond donors (Lipinski definition) is 12. The zero-order chi connectivity index (χ0) is 60.5. The molecule has 3 aliphatic rings. The molecule has 3 aliphatic heterocycles. The van der Waals surface area contributed by atoms with Crippen LogP contribution < -0.4 is 5.32 Å². The molecule has 484 valence electrons. The number of allylic oxidation sites excluding steroid dienone is 7. The van der Waals surface area contributed by atoms with Gasteiger partial charge in [-0.3, -0.25) is 4.79 Å². The van der Waals surface area contributed by atoms with E-state index in [9.17, 15) is 61.0 Å². The molecule has 19 heteroatoms. The highest BCUT2D eigenvalue weighted by Gasteiger charge is 2.53. The van der Waals surface area contributed by atoms with Gasteiger partial charge in [0.15, 0.2) is 18.9 Å². The minimum atomic E-state index is -1.98. The quantitative estimate of drug-likeness (QED) is 0.0215. The van der Waals surface area contributed by atoms with Crippen molar-refractivity contribution in [3.8, 4) is 0 Å². The van der Waals surface area contributed by atoms with Gasteiger partial charge < -0.3 is 89.9 Å². The van der Waals surface area contributed by atoms with Gasteiger partial charge in [0.1, 0.15) is 73.2 Å². The number of carbonyl (C=O) groups excluding carboxylic acids is 1. The van der Waals surface area contributed by atoms with E-state index in [-0.39, 0.29) is 18.9 Å². The Bertz CT molecular complexity index is 1700.